The lowest BCUT2D eigenvalue weighted by Gasteiger charge is -2.45. The summed E-state index contributed by atoms with van der Waals surface area (Å²) in [5.41, 5.74) is 0. The van der Waals surface area contributed by atoms with Crippen molar-refractivity contribution < 1.29 is 9.59 Å². The number of carbonyl (C=O) groups excluding carboxylic acids is 2. The maximum absolute atomic E-state index is 11.6. The van der Waals surface area contributed by atoms with E-state index in [0.717, 1.165) is 32.7 Å². The molecule has 3 atom stereocenters. The smallest absolute Gasteiger partial charge is 0.246 e. The van der Waals surface area contributed by atoms with Crippen LogP contribution in [0.15, 0.2) is 25.3 Å². The molecule has 2 aliphatic heterocycles. The third kappa shape index (κ3) is 6.96. The molecular formula is C23H42N4O2. The summed E-state index contributed by atoms with van der Waals surface area (Å²) in [6.07, 6.45) is 2.81. The minimum absolute atomic E-state index is 0.0535. The maximum atomic E-state index is 11.6. The molecule has 6 heteroatoms. The molecule has 3 unspecified atom stereocenters. The molecule has 166 valence electrons. The van der Waals surface area contributed by atoms with Crippen molar-refractivity contribution in [2.75, 3.05) is 32.7 Å². The molecule has 29 heavy (non-hydrogen) atoms. The zero-order valence-corrected chi connectivity index (χ0v) is 19.6. The van der Waals surface area contributed by atoms with E-state index >= 15 is 0 Å². The van der Waals surface area contributed by atoms with Crippen molar-refractivity contribution in [1.29, 1.82) is 0 Å². The van der Waals surface area contributed by atoms with Gasteiger partial charge in [-0.2, -0.15) is 0 Å². The predicted molar refractivity (Wildman–Crippen MR) is 121 cm³/mol. The van der Waals surface area contributed by atoms with Crippen LogP contribution in [-0.2, 0) is 9.59 Å². The lowest BCUT2D eigenvalue weighted by Crippen LogP contribution is -2.59. The minimum Gasteiger partial charge on any atom is -0.336 e. The summed E-state index contributed by atoms with van der Waals surface area (Å²) < 4.78 is 0. The van der Waals surface area contributed by atoms with Crippen molar-refractivity contribution in [2.24, 2.45) is 0 Å². The van der Waals surface area contributed by atoms with Gasteiger partial charge in [0.05, 0.1) is 0 Å². The van der Waals surface area contributed by atoms with E-state index in [1.165, 1.54) is 12.2 Å². The second-order valence-electron chi connectivity index (χ2n) is 8.85. The van der Waals surface area contributed by atoms with Crippen LogP contribution in [0.4, 0.5) is 0 Å². The van der Waals surface area contributed by atoms with Gasteiger partial charge in [-0.05, 0) is 60.6 Å². The summed E-state index contributed by atoms with van der Waals surface area (Å²) in [5, 5.41) is 0. The van der Waals surface area contributed by atoms with Gasteiger partial charge in [-0.15, -0.1) is 0 Å². The largest absolute Gasteiger partial charge is 0.336 e. The highest BCUT2D eigenvalue weighted by molar-refractivity contribution is 5.87. The number of amides is 2. The van der Waals surface area contributed by atoms with Crippen LogP contribution in [-0.4, -0.2) is 94.3 Å². The van der Waals surface area contributed by atoms with E-state index in [4.69, 9.17) is 0 Å². The summed E-state index contributed by atoms with van der Waals surface area (Å²) in [4.78, 5) is 31.6. The zero-order chi connectivity index (χ0) is 22.3. The average molecular weight is 407 g/mol. The Morgan fingerprint density at radius 1 is 0.759 bits per heavy atom. The number of carbonyl (C=O) groups is 2. The molecule has 0 radical (unpaired) electrons. The van der Waals surface area contributed by atoms with E-state index in [2.05, 4.69) is 71.4 Å². The molecule has 0 N–H and O–H groups in total. The molecule has 2 amide bonds. The summed E-state index contributed by atoms with van der Waals surface area (Å²) >= 11 is 0. The average Bonchev–Trinajstić information content (AvgIpc) is 2.68. The molecule has 2 heterocycles. The highest BCUT2D eigenvalue weighted by Gasteiger charge is 2.31. The first kappa shape index (κ1) is 25.4. The Labute approximate surface area is 178 Å². The van der Waals surface area contributed by atoms with E-state index in [-0.39, 0.29) is 17.9 Å². The molecular weight excluding hydrogens is 364 g/mol. The van der Waals surface area contributed by atoms with Crippen LogP contribution in [0.5, 0.6) is 0 Å². The minimum atomic E-state index is 0.0535. The predicted octanol–water partition coefficient (Wildman–Crippen LogP) is 2.62. The van der Waals surface area contributed by atoms with Gasteiger partial charge in [-0.3, -0.25) is 19.4 Å². The quantitative estimate of drug-likeness (QED) is 0.674. The van der Waals surface area contributed by atoms with Gasteiger partial charge < -0.3 is 9.80 Å². The van der Waals surface area contributed by atoms with E-state index in [1.54, 1.807) is 0 Å². The Morgan fingerprint density at radius 3 is 1.72 bits per heavy atom. The first-order valence-electron chi connectivity index (χ1n) is 10.9. The molecule has 2 saturated heterocycles. The molecule has 0 aromatic heterocycles. The first-order valence-corrected chi connectivity index (χ1v) is 10.9. The SMILES string of the molecule is C=CC(=O)N1CC(C)N(C(C)C)CC1C.C=CC(=O)N1CCN(C(C)C)C(C)C1. The molecule has 2 rings (SSSR count). The Kier molecular flexibility index (Phi) is 10.1. The molecule has 2 fully saturated rings. The molecule has 0 saturated carbocycles. The lowest BCUT2D eigenvalue weighted by molar-refractivity contribution is -0.132. The molecule has 6 nitrogen and oxygen atoms in total. The van der Waals surface area contributed by atoms with Gasteiger partial charge in [0.15, 0.2) is 0 Å². The Morgan fingerprint density at radius 2 is 1.28 bits per heavy atom. The van der Waals surface area contributed by atoms with Gasteiger partial charge in [0, 0.05) is 62.9 Å². The number of hydrogen-bond acceptors (Lipinski definition) is 4. The highest BCUT2D eigenvalue weighted by Crippen LogP contribution is 2.18. The van der Waals surface area contributed by atoms with E-state index in [9.17, 15) is 9.59 Å². The summed E-state index contributed by atoms with van der Waals surface area (Å²) in [5.74, 6) is 0.109. The summed E-state index contributed by atoms with van der Waals surface area (Å²) in [6, 6.07) is 2.28. The van der Waals surface area contributed by atoms with Crippen LogP contribution in [0.1, 0.15) is 48.5 Å². The van der Waals surface area contributed by atoms with Crippen molar-refractivity contribution in [3.8, 4) is 0 Å². The fourth-order valence-electron chi connectivity index (χ4n) is 4.37. The maximum Gasteiger partial charge on any atom is 0.246 e. The van der Waals surface area contributed by atoms with Gasteiger partial charge in [0.25, 0.3) is 0 Å². The number of rotatable bonds is 4. The van der Waals surface area contributed by atoms with Crippen molar-refractivity contribution in [3.63, 3.8) is 0 Å². The molecule has 0 bridgehead atoms. The Hall–Kier alpha value is -1.66. The third-order valence-electron chi connectivity index (χ3n) is 5.98. The van der Waals surface area contributed by atoms with Crippen molar-refractivity contribution in [3.05, 3.63) is 25.3 Å². The topological polar surface area (TPSA) is 47.1 Å². The summed E-state index contributed by atoms with van der Waals surface area (Å²) in [7, 11) is 0. The van der Waals surface area contributed by atoms with Crippen molar-refractivity contribution in [2.45, 2.75) is 78.7 Å². The normalized spacial score (nSPS) is 26.2. The molecule has 0 aromatic carbocycles. The fourth-order valence-corrected chi connectivity index (χ4v) is 4.37. The van der Waals surface area contributed by atoms with Gasteiger partial charge >= 0.3 is 0 Å². The highest BCUT2D eigenvalue weighted by atomic mass is 16.2. The van der Waals surface area contributed by atoms with E-state index in [0.29, 0.717) is 24.2 Å². The monoisotopic (exact) mass is 406 g/mol. The lowest BCUT2D eigenvalue weighted by atomic mass is 10.1. The Balaban J connectivity index is 0.000000291. The number of piperazine rings is 2. The second-order valence-corrected chi connectivity index (χ2v) is 8.85. The van der Waals surface area contributed by atoms with Crippen LogP contribution >= 0.6 is 0 Å². The van der Waals surface area contributed by atoms with Crippen LogP contribution < -0.4 is 0 Å². The van der Waals surface area contributed by atoms with E-state index < -0.39 is 0 Å². The molecule has 0 aliphatic carbocycles. The van der Waals surface area contributed by atoms with Crippen LogP contribution in [0.2, 0.25) is 0 Å². The molecule has 0 spiro atoms. The zero-order valence-electron chi connectivity index (χ0n) is 19.6. The second kappa shape index (κ2) is 11.5. The fraction of sp³-hybridized carbons (Fsp3) is 0.739. The standard InChI is InChI=1S/C12H22N2O.C11H20N2O/c1-6-12(15)14-8-10(4)13(9(2)3)7-11(14)5;1-5-11(14)12-6-7-13(9(2)3)10(4)8-12/h6,9-11H,1,7-8H2,2-5H3;5,9-10H,1,6-8H2,2-4H3. The Bertz CT molecular complexity index is 575. The van der Waals surface area contributed by atoms with Crippen molar-refractivity contribution in [1.82, 2.24) is 19.6 Å². The number of hydrogen-bond donors (Lipinski definition) is 0. The van der Waals surface area contributed by atoms with Crippen LogP contribution in [0, 0.1) is 0 Å². The summed E-state index contributed by atoms with van der Waals surface area (Å²) in [6.45, 7) is 26.7. The van der Waals surface area contributed by atoms with Crippen molar-refractivity contribution >= 4 is 11.8 Å². The number of nitrogens with zero attached hydrogens (tertiary/aromatic N) is 4. The van der Waals surface area contributed by atoms with Gasteiger partial charge in [0.2, 0.25) is 11.8 Å². The third-order valence-corrected chi connectivity index (χ3v) is 5.98. The van der Waals surface area contributed by atoms with Gasteiger partial charge in [-0.1, -0.05) is 13.2 Å². The van der Waals surface area contributed by atoms with Gasteiger partial charge in [-0.25, -0.2) is 0 Å². The van der Waals surface area contributed by atoms with E-state index in [1.807, 2.05) is 9.80 Å². The van der Waals surface area contributed by atoms with Crippen LogP contribution in [0.25, 0.3) is 0 Å². The molecule has 2 aliphatic rings. The first-order chi connectivity index (χ1) is 13.5. The van der Waals surface area contributed by atoms with Gasteiger partial charge in [0.1, 0.15) is 0 Å². The molecule has 0 aromatic rings. The van der Waals surface area contributed by atoms with Crippen LogP contribution in [0.3, 0.4) is 0 Å².